The van der Waals surface area contributed by atoms with Crippen LogP contribution in [0.4, 0.5) is 0 Å². The van der Waals surface area contributed by atoms with Crippen molar-refractivity contribution in [3.63, 3.8) is 0 Å². The van der Waals surface area contributed by atoms with Crippen molar-refractivity contribution in [3.8, 4) is 0 Å². The summed E-state index contributed by atoms with van der Waals surface area (Å²) in [6, 6.07) is 8.79. The minimum atomic E-state index is -0.234. The van der Waals surface area contributed by atoms with Crippen LogP contribution < -0.4 is 10.6 Å². The van der Waals surface area contributed by atoms with Gasteiger partial charge in [-0.1, -0.05) is 38.1 Å². The highest BCUT2D eigenvalue weighted by Gasteiger charge is 2.09. The monoisotopic (exact) mass is 319 g/mol. The number of nitrogens with one attached hydrogen (secondary N) is 2. The molecule has 1 aromatic rings. The molecule has 0 radical (unpaired) electrons. The molecule has 5 heteroatoms. The standard InChI is InChI=1S/C18H29N3O2/c1-13(2)12-15-6-8-16(9-7-15)14(3)21-18(19-4)20-11-10-17(22)23-5/h6-9,13-14H,10-12H2,1-5H3,(H2,19,20,21). The summed E-state index contributed by atoms with van der Waals surface area (Å²) in [7, 11) is 3.10. The first-order chi connectivity index (χ1) is 11.0. The highest BCUT2D eigenvalue weighted by atomic mass is 16.5. The molecular weight excluding hydrogens is 290 g/mol. The van der Waals surface area contributed by atoms with E-state index in [1.54, 1.807) is 7.05 Å². The molecule has 128 valence electrons. The van der Waals surface area contributed by atoms with E-state index in [9.17, 15) is 4.79 Å². The van der Waals surface area contributed by atoms with Crippen molar-refractivity contribution < 1.29 is 9.53 Å². The highest BCUT2D eigenvalue weighted by Crippen LogP contribution is 2.15. The molecule has 0 saturated heterocycles. The molecule has 23 heavy (non-hydrogen) atoms. The van der Waals surface area contributed by atoms with Crippen molar-refractivity contribution >= 4 is 11.9 Å². The number of hydrogen-bond donors (Lipinski definition) is 2. The van der Waals surface area contributed by atoms with E-state index in [-0.39, 0.29) is 12.0 Å². The number of guanidine groups is 1. The highest BCUT2D eigenvalue weighted by molar-refractivity contribution is 5.80. The van der Waals surface area contributed by atoms with Crippen LogP contribution in [-0.2, 0) is 16.0 Å². The normalized spacial score (nSPS) is 12.9. The number of carbonyl (C=O) groups is 1. The first-order valence-corrected chi connectivity index (χ1v) is 8.09. The Morgan fingerprint density at radius 3 is 2.39 bits per heavy atom. The molecule has 1 atom stereocenters. The van der Waals surface area contributed by atoms with E-state index >= 15 is 0 Å². The lowest BCUT2D eigenvalue weighted by Crippen LogP contribution is -2.39. The number of ether oxygens (including phenoxy) is 1. The third-order valence-electron chi connectivity index (χ3n) is 3.55. The van der Waals surface area contributed by atoms with Gasteiger partial charge in [-0.15, -0.1) is 0 Å². The van der Waals surface area contributed by atoms with E-state index in [1.165, 1.54) is 18.2 Å². The summed E-state index contributed by atoms with van der Waals surface area (Å²) in [5.41, 5.74) is 2.56. The van der Waals surface area contributed by atoms with Crippen molar-refractivity contribution in [3.05, 3.63) is 35.4 Å². The van der Waals surface area contributed by atoms with Crippen LogP contribution in [0.5, 0.6) is 0 Å². The van der Waals surface area contributed by atoms with Gasteiger partial charge >= 0.3 is 5.97 Å². The van der Waals surface area contributed by atoms with Gasteiger partial charge in [0.1, 0.15) is 0 Å². The van der Waals surface area contributed by atoms with E-state index in [0.29, 0.717) is 24.8 Å². The maximum absolute atomic E-state index is 11.1. The molecule has 1 rings (SSSR count). The summed E-state index contributed by atoms with van der Waals surface area (Å²) in [6.07, 6.45) is 1.41. The van der Waals surface area contributed by atoms with Crippen LogP contribution in [0.15, 0.2) is 29.3 Å². The van der Waals surface area contributed by atoms with Crippen LogP contribution in [0, 0.1) is 5.92 Å². The molecule has 0 spiro atoms. The molecule has 0 aliphatic carbocycles. The molecule has 0 aromatic heterocycles. The number of esters is 1. The summed E-state index contributed by atoms with van der Waals surface area (Å²) in [5, 5.41) is 6.43. The Balaban J connectivity index is 2.52. The van der Waals surface area contributed by atoms with Gasteiger partial charge in [0.05, 0.1) is 19.6 Å². The van der Waals surface area contributed by atoms with Crippen molar-refractivity contribution in [2.24, 2.45) is 10.9 Å². The van der Waals surface area contributed by atoms with Crippen LogP contribution in [0.2, 0.25) is 0 Å². The SMILES string of the molecule is CN=C(NCCC(=O)OC)NC(C)c1ccc(CC(C)C)cc1. The van der Waals surface area contributed by atoms with Gasteiger partial charge in [0, 0.05) is 13.6 Å². The lowest BCUT2D eigenvalue weighted by Gasteiger charge is -2.18. The fraction of sp³-hybridized carbons (Fsp3) is 0.556. The zero-order valence-electron chi connectivity index (χ0n) is 14.8. The molecule has 0 bridgehead atoms. The van der Waals surface area contributed by atoms with Crippen LogP contribution in [0.1, 0.15) is 44.4 Å². The Morgan fingerprint density at radius 1 is 1.22 bits per heavy atom. The summed E-state index contributed by atoms with van der Waals surface area (Å²) >= 11 is 0. The van der Waals surface area contributed by atoms with Crippen molar-refractivity contribution in [1.29, 1.82) is 0 Å². The number of benzene rings is 1. The van der Waals surface area contributed by atoms with E-state index in [0.717, 1.165) is 6.42 Å². The van der Waals surface area contributed by atoms with Gasteiger partial charge in [0.25, 0.3) is 0 Å². The smallest absolute Gasteiger partial charge is 0.307 e. The van der Waals surface area contributed by atoms with Crippen molar-refractivity contribution in [1.82, 2.24) is 10.6 Å². The van der Waals surface area contributed by atoms with Crippen LogP contribution >= 0.6 is 0 Å². The Morgan fingerprint density at radius 2 is 1.87 bits per heavy atom. The third-order valence-corrected chi connectivity index (χ3v) is 3.55. The summed E-state index contributed by atoms with van der Waals surface area (Å²) in [6.45, 7) is 7.03. The summed E-state index contributed by atoms with van der Waals surface area (Å²) < 4.78 is 4.62. The Hall–Kier alpha value is -2.04. The Bertz CT molecular complexity index is 510. The molecule has 0 aliphatic rings. The molecule has 2 N–H and O–H groups in total. The third kappa shape index (κ3) is 7.17. The minimum Gasteiger partial charge on any atom is -0.469 e. The molecule has 0 saturated carbocycles. The van der Waals surface area contributed by atoms with Gasteiger partial charge in [0.2, 0.25) is 0 Å². The lowest BCUT2D eigenvalue weighted by molar-refractivity contribution is -0.140. The fourth-order valence-electron chi connectivity index (χ4n) is 2.28. The second-order valence-electron chi connectivity index (χ2n) is 6.03. The zero-order valence-corrected chi connectivity index (χ0v) is 14.8. The molecule has 0 fully saturated rings. The van der Waals surface area contributed by atoms with Gasteiger partial charge in [0.15, 0.2) is 5.96 Å². The largest absolute Gasteiger partial charge is 0.469 e. The minimum absolute atomic E-state index is 0.132. The maximum atomic E-state index is 11.1. The van der Waals surface area contributed by atoms with E-state index in [2.05, 4.69) is 65.4 Å². The molecule has 0 heterocycles. The van der Waals surface area contributed by atoms with Gasteiger partial charge in [-0.2, -0.15) is 0 Å². The van der Waals surface area contributed by atoms with E-state index < -0.39 is 0 Å². The lowest BCUT2D eigenvalue weighted by atomic mass is 10.00. The average Bonchev–Trinajstić information content (AvgIpc) is 2.53. The second kappa shape index (κ2) is 9.87. The Kier molecular flexibility index (Phi) is 8.16. The number of methoxy groups -OCH3 is 1. The van der Waals surface area contributed by atoms with Crippen molar-refractivity contribution in [2.75, 3.05) is 20.7 Å². The predicted molar refractivity (Wildman–Crippen MR) is 94.5 cm³/mol. The molecule has 1 unspecified atom stereocenters. The number of carbonyl (C=O) groups excluding carboxylic acids is 1. The Labute approximate surface area is 139 Å². The topological polar surface area (TPSA) is 62.7 Å². The number of hydrogen-bond acceptors (Lipinski definition) is 3. The average molecular weight is 319 g/mol. The van der Waals surface area contributed by atoms with Crippen LogP contribution in [-0.4, -0.2) is 32.6 Å². The number of nitrogens with zero attached hydrogens (tertiary/aromatic N) is 1. The summed E-state index contributed by atoms with van der Waals surface area (Å²) in [5.74, 6) is 1.10. The first-order valence-electron chi connectivity index (χ1n) is 8.09. The number of rotatable bonds is 7. The van der Waals surface area contributed by atoms with Crippen molar-refractivity contribution in [2.45, 2.75) is 39.7 Å². The molecule has 1 aromatic carbocycles. The predicted octanol–water partition coefficient (Wildman–Crippen LogP) is 2.67. The maximum Gasteiger partial charge on any atom is 0.307 e. The van der Waals surface area contributed by atoms with Gasteiger partial charge in [-0.3, -0.25) is 9.79 Å². The molecule has 5 nitrogen and oxygen atoms in total. The zero-order chi connectivity index (χ0) is 17.2. The van der Waals surface area contributed by atoms with Crippen LogP contribution in [0.25, 0.3) is 0 Å². The van der Waals surface area contributed by atoms with Gasteiger partial charge < -0.3 is 15.4 Å². The second-order valence-corrected chi connectivity index (χ2v) is 6.03. The quantitative estimate of drug-likeness (QED) is 0.461. The first kappa shape index (κ1) is 19.0. The molecule has 0 aliphatic heterocycles. The van der Waals surface area contributed by atoms with Gasteiger partial charge in [-0.25, -0.2) is 0 Å². The fourth-order valence-corrected chi connectivity index (χ4v) is 2.28. The number of aliphatic imine (C=N–C) groups is 1. The molecular formula is C18H29N3O2. The van der Waals surface area contributed by atoms with Crippen LogP contribution in [0.3, 0.4) is 0 Å². The summed E-state index contributed by atoms with van der Waals surface area (Å²) in [4.78, 5) is 15.3. The van der Waals surface area contributed by atoms with Gasteiger partial charge in [-0.05, 0) is 30.4 Å². The molecule has 0 amide bonds. The van der Waals surface area contributed by atoms with E-state index in [4.69, 9.17) is 0 Å². The van der Waals surface area contributed by atoms with E-state index in [1.807, 2.05) is 0 Å².